The van der Waals surface area contributed by atoms with Gasteiger partial charge in [0.25, 0.3) is 0 Å². The fraction of sp³-hybridized carbons (Fsp3) is 0.176. The van der Waals surface area contributed by atoms with Crippen molar-refractivity contribution in [2.45, 2.75) is 6.92 Å². The molecule has 0 aliphatic rings. The maximum Gasteiger partial charge on any atom is 0.184 e. The number of nitrogens with one attached hydrogen (secondary N) is 1. The number of halogens is 2. The van der Waals surface area contributed by atoms with Crippen LogP contribution in [0.4, 0.5) is 9.52 Å². The lowest BCUT2D eigenvalue weighted by Gasteiger charge is -2.03. The van der Waals surface area contributed by atoms with Crippen LogP contribution in [0.1, 0.15) is 17.3 Å². The Bertz CT molecular complexity index is 836. The molecule has 0 radical (unpaired) electrons. The van der Waals surface area contributed by atoms with Gasteiger partial charge in [-0.1, -0.05) is 17.4 Å². The van der Waals surface area contributed by atoms with E-state index in [9.17, 15) is 9.18 Å². The van der Waals surface area contributed by atoms with E-state index in [0.717, 1.165) is 16.0 Å². The van der Waals surface area contributed by atoms with Gasteiger partial charge < -0.3 is 10.1 Å². The number of aromatic nitrogens is 1. The average Bonchev–Trinajstić information content (AvgIpc) is 2.98. The number of benzene rings is 2. The molecule has 3 rings (SSSR count). The summed E-state index contributed by atoms with van der Waals surface area (Å²) in [6, 6.07) is 11.3. The molecule has 0 atom stereocenters. The van der Waals surface area contributed by atoms with Crippen molar-refractivity contribution in [1.82, 2.24) is 4.98 Å². The van der Waals surface area contributed by atoms with Crippen molar-refractivity contribution in [2.24, 2.45) is 0 Å². The lowest BCUT2D eigenvalue weighted by Crippen LogP contribution is -2.13. The highest BCUT2D eigenvalue weighted by molar-refractivity contribution is 8.93. The molecule has 4 nitrogen and oxygen atoms in total. The second-order valence-electron chi connectivity index (χ2n) is 4.84. The first-order valence-electron chi connectivity index (χ1n) is 7.22. The van der Waals surface area contributed by atoms with Gasteiger partial charge in [-0.3, -0.25) is 4.79 Å². The number of hydrogen-bond acceptors (Lipinski definition) is 5. The third-order valence-corrected chi connectivity index (χ3v) is 4.23. The summed E-state index contributed by atoms with van der Waals surface area (Å²) >= 11 is 1.46. The Morgan fingerprint density at radius 3 is 2.71 bits per heavy atom. The number of rotatable bonds is 6. The van der Waals surface area contributed by atoms with Crippen LogP contribution < -0.4 is 10.1 Å². The molecule has 3 aromatic rings. The molecule has 0 saturated carbocycles. The highest BCUT2D eigenvalue weighted by atomic mass is 79.9. The van der Waals surface area contributed by atoms with Gasteiger partial charge in [0.05, 0.1) is 17.9 Å². The minimum absolute atomic E-state index is 0. The van der Waals surface area contributed by atoms with Gasteiger partial charge in [0.2, 0.25) is 0 Å². The SMILES string of the molecule is Br.CCOc1cccc2sc(NCC(=O)c3ccc(F)cc3)nc12. The smallest absolute Gasteiger partial charge is 0.184 e. The van der Waals surface area contributed by atoms with Crippen LogP contribution in [0.5, 0.6) is 5.75 Å². The van der Waals surface area contributed by atoms with Crippen LogP contribution >= 0.6 is 28.3 Å². The third-order valence-electron chi connectivity index (χ3n) is 3.25. The van der Waals surface area contributed by atoms with E-state index < -0.39 is 0 Å². The van der Waals surface area contributed by atoms with Crippen LogP contribution in [-0.2, 0) is 0 Å². The molecule has 1 aromatic heterocycles. The first-order valence-corrected chi connectivity index (χ1v) is 8.04. The normalized spacial score (nSPS) is 10.2. The number of carbonyl (C=O) groups is 1. The molecule has 0 aliphatic carbocycles. The maximum absolute atomic E-state index is 12.9. The summed E-state index contributed by atoms with van der Waals surface area (Å²) in [6.45, 7) is 2.60. The van der Waals surface area contributed by atoms with Gasteiger partial charge in [-0.05, 0) is 43.3 Å². The summed E-state index contributed by atoms with van der Waals surface area (Å²) in [5.74, 6) is 0.262. The number of thiazole rings is 1. The van der Waals surface area contributed by atoms with Crippen molar-refractivity contribution in [3.05, 3.63) is 53.8 Å². The lowest BCUT2D eigenvalue weighted by atomic mass is 10.1. The second-order valence-corrected chi connectivity index (χ2v) is 5.87. The first-order chi connectivity index (χ1) is 11.2. The molecule has 0 amide bonds. The summed E-state index contributed by atoms with van der Waals surface area (Å²) in [5.41, 5.74) is 1.26. The van der Waals surface area contributed by atoms with Crippen molar-refractivity contribution in [1.29, 1.82) is 0 Å². The molecule has 2 aromatic carbocycles. The van der Waals surface area contributed by atoms with Crippen molar-refractivity contribution in [2.75, 3.05) is 18.5 Å². The van der Waals surface area contributed by atoms with Crippen LogP contribution in [0, 0.1) is 5.82 Å². The first kappa shape index (κ1) is 18.4. The Labute approximate surface area is 153 Å². The fourth-order valence-corrected chi connectivity index (χ4v) is 3.04. The Morgan fingerprint density at radius 1 is 1.25 bits per heavy atom. The molecular weight excluding hydrogens is 395 g/mol. The van der Waals surface area contributed by atoms with Gasteiger partial charge in [-0.25, -0.2) is 9.37 Å². The van der Waals surface area contributed by atoms with E-state index in [0.29, 0.717) is 17.3 Å². The number of nitrogens with zero attached hydrogens (tertiary/aromatic N) is 1. The number of fused-ring (bicyclic) bond motifs is 1. The molecule has 24 heavy (non-hydrogen) atoms. The molecule has 1 heterocycles. The molecule has 7 heteroatoms. The topological polar surface area (TPSA) is 51.2 Å². The number of Topliss-reactive ketones (excluding diaryl/α,β-unsaturated/α-hetero) is 1. The number of ketones is 1. The predicted octanol–water partition coefficient (Wildman–Crippen LogP) is 4.71. The van der Waals surface area contributed by atoms with Crippen molar-refractivity contribution >= 4 is 49.4 Å². The zero-order valence-electron chi connectivity index (χ0n) is 12.9. The number of hydrogen-bond donors (Lipinski definition) is 1. The maximum atomic E-state index is 12.9. The van der Waals surface area contributed by atoms with Crippen LogP contribution in [0.25, 0.3) is 10.2 Å². The Morgan fingerprint density at radius 2 is 2.00 bits per heavy atom. The summed E-state index contributed by atoms with van der Waals surface area (Å²) in [6.07, 6.45) is 0. The quantitative estimate of drug-likeness (QED) is 0.597. The minimum atomic E-state index is -0.357. The summed E-state index contributed by atoms with van der Waals surface area (Å²) in [4.78, 5) is 16.6. The summed E-state index contributed by atoms with van der Waals surface area (Å²) < 4.78 is 19.4. The zero-order valence-corrected chi connectivity index (χ0v) is 15.4. The van der Waals surface area contributed by atoms with E-state index >= 15 is 0 Å². The standard InChI is InChI=1S/C17H15FN2O2S.BrH/c1-2-22-14-4-3-5-15-16(14)20-17(23-15)19-10-13(21)11-6-8-12(18)9-7-11;/h3-9H,2,10H2,1H3,(H,19,20);1H. The number of para-hydroxylation sites is 1. The van der Waals surface area contributed by atoms with Gasteiger partial charge in [0.1, 0.15) is 17.1 Å². The Kier molecular flexibility index (Phi) is 6.28. The lowest BCUT2D eigenvalue weighted by molar-refractivity contribution is 0.101. The number of anilines is 1. The molecule has 0 saturated heterocycles. The van der Waals surface area contributed by atoms with E-state index in [4.69, 9.17) is 4.74 Å². The summed E-state index contributed by atoms with van der Waals surface area (Å²) in [7, 11) is 0. The van der Waals surface area contributed by atoms with E-state index in [1.165, 1.54) is 35.6 Å². The molecule has 0 fully saturated rings. The van der Waals surface area contributed by atoms with Crippen molar-refractivity contribution in [3.63, 3.8) is 0 Å². The summed E-state index contributed by atoms with van der Waals surface area (Å²) in [5, 5.41) is 3.68. The van der Waals surface area contributed by atoms with Crippen LogP contribution in [0.3, 0.4) is 0 Å². The average molecular weight is 411 g/mol. The van der Waals surface area contributed by atoms with Crippen LogP contribution in [0.15, 0.2) is 42.5 Å². The van der Waals surface area contributed by atoms with Gasteiger partial charge in [0, 0.05) is 5.56 Å². The third kappa shape index (κ3) is 4.10. The van der Waals surface area contributed by atoms with Gasteiger partial charge in [-0.15, -0.1) is 17.0 Å². The number of ether oxygens (including phenoxy) is 1. The Hall–Kier alpha value is -1.99. The second kappa shape index (κ2) is 8.21. The highest BCUT2D eigenvalue weighted by Gasteiger charge is 2.11. The minimum Gasteiger partial charge on any atom is -0.492 e. The molecular formula is C17H16BrFN2O2S. The van der Waals surface area contributed by atoms with E-state index in [2.05, 4.69) is 10.3 Å². The number of carbonyl (C=O) groups excluding carboxylic acids is 1. The molecule has 0 aliphatic heterocycles. The van der Waals surface area contributed by atoms with Crippen LogP contribution in [-0.4, -0.2) is 23.9 Å². The largest absolute Gasteiger partial charge is 0.492 e. The molecule has 0 bridgehead atoms. The molecule has 0 spiro atoms. The van der Waals surface area contributed by atoms with E-state index in [-0.39, 0.29) is 35.1 Å². The van der Waals surface area contributed by atoms with Gasteiger partial charge in [0.15, 0.2) is 10.9 Å². The predicted molar refractivity (Wildman–Crippen MR) is 100 cm³/mol. The molecule has 126 valence electrons. The molecule has 1 N–H and O–H groups in total. The molecule has 0 unspecified atom stereocenters. The van der Waals surface area contributed by atoms with Crippen molar-refractivity contribution in [3.8, 4) is 5.75 Å². The van der Waals surface area contributed by atoms with Gasteiger partial charge >= 0.3 is 0 Å². The van der Waals surface area contributed by atoms with E-state index in [1.807, 2.05) is 25.1 Å². The zero-order chi connectivity index (χ0) is 16.2. The van der Waals surface area contributed by atoms with Crippen molar-refractivity contribution < 1.29 is 13.9 Å². The Balaban J connectivity index is 0.00000208. The van der Waals surface area contributed by atoms with Crippen LogP contribution in [0.2, 0.25) is 0 Å². The fourth-order valence-electron chi connectivity index (χ4n) is 2.16. The monoisotopic (exact) mass is 410 g/mol. The highest BCUT2D eigenvalue weighted by Crippen LogP contribution is 2.32. The van der Waals surface area contributed by atoms with Gasteiger partial charge in [-0.2, -0.15) is 0 Å². The van der Waals surface area contributed by atoms with E-state index in [1.54, 1.807) is 0 Å².